The third kappa shape index (κ3) is 1.07. The highest BCUT2D eigenvalue weighted by Crippen LogP contribution is 2.12. The van der Waals surface area contributed by atoms with Crippen molar-refractivity contribution >= 4 is 33.6 Å². The van der Waals surface area contributed by atoms with Gasteiger partial charge in [0.1, 0.15) is 0 Å². The van der Waals surface area contributed by atoms with Crippen LogP contribution in [0.1, 0.15) is 0 Å². The summed E-state index contributed by atoms with van der Waals surface area (Å²) in [7, 11) is 0. The van der Waals surface area contributed by atoms with Gasteiger partial charge in [-0.3, -0.25) is 4.79 Å². The van der Waals surface area contributed by atoms with Gasteiger partial charge in [0.15, 0.2) is 5.58 Å². The molecule has 1 heterocycles. The Hall–Kier alpha value is -0.780. The highest BCUT2D eigenvalue weighted by atomic mass is 127. The maximum atomic E-state index is 10.9. The summed E-state index contributed by atoms with van der Waals surface area (Å²) in [6, 6.07) is 5.43. The zero-order valence-electron chi connectivity index (χ0n) is 5.43. The molecule has 0 spiro atoms. The molecule has 0 unspecified atom stereocenters. The van der Waals surface area contributed by atoms with Crippen molar-refractivity contribution in [1.82, 2.24) is 5.16 Å². The average Bonchev–Trinajstić information content (AvgIpc) is 2.32. The molecular formula is C7H4INO2. The van der Waals surface area contributed by atoms with Crippen molar-refractivity contribution in [2.24, 2.45) is 0 Å². The lowest BCUT2D eigenvalue weighted by molar-refractivity contribution is 0.449. The molecule has 1 aromatic carbocycles. The van der Waals surface area contributed by atoms with Gasteiger partial charge in [0.25, 0.3) is 5.56 Å². The van der Waals surface area contributed by atoms with E-state index in [2.05, 4.69) is 27.7 Å². The van der Waals surface area contributed by atoms with Gasteiger partial charge in [-0.1, -0.05) is 0 Å². The summed E-state index contributed by atoms with van der Waals surface area (Å²) in [6.07, 6.45) is 0. The molecule has 0 atom stereocenters. The van der Waals surface area contributed by atoms with Gasteiger partial charge in [0, 0.05) is 3.57 Å². The molecular weight excluding hydrogens is 257 g/mol. The SMILES string of the molecule is O=c1[nH]oc2cc(I)ccc12. The van der Waals surface area contributed by atoms with Crippen LogP contribution in [-0.4, -0.2) is 5.16 Å². The minimum absolute atomic E-state index is 0.170. The summed E-state index contributed by atoms with van der Waals surface area (Å²) < 4.78 is 5.94. The first-order valence-electron chi connectivity index (χ1n) is 3.04. The Labute approximate surface area is 75.5 Å². The molecule has 0 aliphatic heterocycles. The van der Waals surface area contributed by atoms with Gasteiger partial charge in [0.2, 0.25) is 0 Å². The van der Waals surface area contributed by atoms with Crippen molar-refractivity contribution in [2.45, 2.75) is 0 Å². The number of nitrogens with one attached hydrogen (secondary N) is 1. The van der Waals surface area contributed by atoms with Crippen molar-refractivity contribution < 1.29 is 4.52 Å². The lowest BCUT2D eigenvalue weighted by atomic mass is 10.3. The van der Waals surface area contributed by atoms with Crippen LogP contribution in [0.3, 0.4) is 0 Å². The van der Waals surface area contributed by atoms with E-state index < -0.39 is 0 Å². The molecule has 1 N–H and O–H groups in total. The number of fused-ring (bicyclic) bond motifs is 1. The number of halogens is 1. The highest BCUT2D eigenvalue weighted by Gasteiger charge is 2.01. The molecule has 56 valence electrons. The van der Waals surface area contributed by atoms with E-state index in [9.17, 15) is 4.79 Å². The average molecular weight is 261 g/mol. The second-order valence-corrected chi connectivity index (χ2v) is 3.42. The van der Waals surface area contributed by atoms with E-state index in [1.807, 2.05) is 12.1 Å². The number of rotatable bonds is 0. The van der Waals surface area contributed by atoms with E-state index in [4.69, 9.17) is 4.52 Å². The predicted molar refractivity (Wildman–Crippen MR) is 49.6 cm³/mol. The summed E-state index contributed by atoms with van der Waals surface area (Å²) >= 11 is 2.16. The van der Waals surface area contributed by atoms with Crippen molar-refractivity contribution in [3.8, 4) is 0 Å². The fourth-order valence-corrected chi connectivity index (χ4v) is 1.39. The summed E-state index contributed by atoms with van der Waals surface area (Å²) in [6.45, 7) is 0. The normalized spacial score (nSPS) is 10.6. The second-order valence-electron chi connectivity index (χ2n) is 2.17. The minimum Gasteiger partial charge on any atom is -0.378 e. The topological polar surface area (TPSA) is 46.0 Å². The Bertz CT molecular complexity index is 443. The molecule has 2 aromatic rings. The van der Waals surface area contributed by atoms with Crippen molar-refractivity contribution in [2.75, 3.05) is 0 Å². The van der Waals surface area contributed by atoms with Crippen molar-refractivity contribution in [3.63, 3.8) is 0 Å². The zero-order chi connectivity index (χ0) is 7.84. The van der Waals surface area contributed by atoms with Gasteiger partial charge in [-0.2, -0.15) is 5.16 Å². The molecule has 1 aromatic heterocycles. The standard InChI is InChI=1S/C7H4INO2/c8-4-1-2-5-6(3-4)11-9-7(5)10/h1-3H,(H,9,10). The van der Waals surface area contributed by atoms with Gasteiger partial charge in [-0.05, 0) is 40.8 Å². The molecule has 11 heavy (non-hydrogen) atoms. The molecule has 0 aliphatic carbocycles. The van der Waals surface area contributed by atoms with E-state index in [1.165, 1.54) is 0 Å². The Morgan fingerprint density at radius 3 is 3.09 bits per heavy atom. The van der Waals surface area contributed by atoms with Crippen LogP contribution in [-0.2, 0) is 0 Å². The van der Waals surface area contributed by atoms with Crippen LogP contribution < -0.4 is 5.56 Å². The van der Waals surface area contributed by atoms with Gasteiger partial charge < -0.3 is 4.52 Å². The van der Waals surface area contributed by atoms with E-state index in [0.29, 0.717) is 11.0 Å². The molecule has 0 aliphatic rings. The molecule has 4 heteroatoms. The summed E-state index contributed by atoms with van der Waals surface area (Å²) in [4.78, 5) is 10.9. The first-order chi connectivity index (χ1) is 5.27. The highest BCUT2D eigenvalue weighted by molar-refractivity contribution is 14.1. The number of aromatic nitrogens is 1. The lowest BCUT2D eigenvalue weighted by Gasteiger charge is -1.85. The van der Waals surface area contributed by atoms with Crippen LogP contribution in [0.5, 0.6) is 0 Å². The van der Waals surface area contributed by atoms with Gasteiger partial charge in [-0.15, -0.1) is 0 Å². The lowest BCUT2D eigenvalue weighted by Crippen LogP contribution is -1.95. The summed E-state index contributed by atoms with van der Waals surface area (Å²) in [5, 5.41) is 2.87. The zero-order valence-corrected chi connectivity index (χ0v) is 7.58. The van der Waals surface area contributed by atoms with Crippen LogP contribution in [0, 0.1) is 3.57 Å². The Balaban J connectivity index is 2.97. The number of aromatic amines is 1. The predicted octanol–water partition coefficient (Wildman–Crippen LogP) is 1.73. The van der Waals surface area contributed by atoms with Crippen LogP contribution in [0.4, 0.5) is 0 Å². The Morgan fingerprint density at radius 2 is 2.27 bits per heavy atom. The summed E-state index contributed by atoms with van der Waals surface area (Å²) in [5.41, 5.74) is 0.443. The van der Waals surface area contributed by atoms with Crippen molar-refractivity contribution in [3.05, 3.63) is 32.1 Å². The van der Waals surface area contributed by atoms with Crippen LogP contribution in [0.2, 0.25) is 0 Å². The largest absolute Gasteiger partial charge is 0.378 e. The Kier molecular flexibility index (Phi) is 1.49. The molecule has 0 saturated heterocycles. The minimum atomic E-state index is -0.170. The molecule has 0 radical (unpaired) electrons. The molecule has 2 rings (SSSR count). The van der Waals surface area contributed by atoms with E-state index in [-0.39, 0.29) is 5.56 Å². The van der Waals surface area contributed by atoms with Gasteiger partial charge >= 0.3 is 0 Å². The first-order valence-corrected chi connectivity index (χ1v) is 4.12. The molecule has 0 amide bonds. The fourth-order valence-electron chi connectivity index (χ4n) is 0.925. The van der Waals surface area contributed by atoms with Crippen molar-refractivity contribution in [1.29, 1.82) is 0 Å². The molecule has 3 nitrogen and oxygen atoms in total. The third-order valence-electron chi connectivity index (χ3n) is 1.44. The maximum Gasteiger partial charge on any atom is 0.287 e. The maximum absolute atomic E-state index is 10.9. The van der Waals surface area contributed by atoms with Gasteiger partial charge in [-0.25, -0.2) is 0 Å². The molecule has 0 saturated carbocycles. The smallest absolute Gasteiger partial charge is 0.287 e. The summed E-state index contributed by atoms with van der Waals surface area (Å²) in [5.74, 6) is 0. The third-order valence-corrected chi connectivity index (χ3v) is 2.11. The van der Waals surface area contributed by atoms with Crippen LogP contribution in [0.15, 0.2) is 27.5 Å². The molecule has 0 bridgehead atoms. The van der Waals surface area contributed by atoms with E-state index in [0.717, 1.165) is 3.57 Å². The quantitative estimate of drug-likeness (QED) is 0.734. The first kappa shape index (κ1) is 6.90. The van der Waals surface area contributed by atoms with Crippen LogP contribution >= 0.6 is 22.6 Å². The fraction of sp³-hybridized carbons (Fsp3) is 0. The number of hydrogen-bond acceptors (Lipinski definition) is 2. The van der Waals surface area contributed by atoms with E-state index in [1.54, 1.807) is 6.07 Å². The van der Waals surface area contributed by atoms with E-state index >= 15 is 0 Å². The monoisotopic (exact) mass is 261 g/mol. The number of benzene rings is 1. The Morgan fingerprint density at radius 1 is 1.45 bits per heavy atom. The van der Waals surface area contributed by atoms with Crippen LogP contribution in [0.25, 0.3) is 11.0 Å². The number of hydrogen-bond donors (Lipinski definition) is 1. The number of H-pyrrole nitrogens is 1. The second kappa shape index (κ2) is 2.37. The molecule has 0 fully saturated rings. The van der Waals surface area contributed by atoms with Gasteiger partial charge in [0.05, 0.1) is 5.39 Å².